The van der Waals surface area contributed by atoms with Gasteiger partial charge in [-0.05, 0) is 37.6 Å². The van der Waals surface area contributed by atoms with E-state index in [1.807, 2.05) is 24.3 Å². The van der Waals surface area contributed by atoms with Crippen LogP contribution in [0.5, 0.6) is 0 Å². The third kappa shape index (κ3) is 1.87. The van der Waals surface area contributed by atoms with Crippen molar-refractivity contribution >= 4 is 34.0 Å². The highest BCUT2D eigenvalue weighted by atomic mass is 32.2. The molecule has 0 spiro atoms. The number of hydrogen-bond acceptors (Lipinski definition) is 3. The fourth-order valence-corrected chi connectivity index (χ4v) is 3.82. The maximum Gasteiger partial charge on any atom is 0.264 e. The van der Waals surface area contributed by atoms with E-state index in [-0.39, 0.29) is 5.56 Å². The highest BCUT2D eigenvalue weighted by molar-refractivity contribution is 7.99. The summed E-state index contributed by atoms with van der Waals surface area (Å²) in [4.78, 5) is 17.2. The summed E-state index contributed by atoms with van der Waals surface area (Å²) in [5.41, 5.74) is 5.22. The second-order valence-corrected chi connectivity index (χ2v) is 6.43. The van der Waals surface area contributed by atoms with E-state index in [4.69, 9.17) is 0 Å². The molecule has 1 aliphatic heterocycles. The first kappa shape index (κ1) is 12.5. The Labute approximate surface area is 126 Å². The topological polar surface area (TPSA) is 44.9 Å². The van der Waals surface area contributed by atoms with Gasteiger partial charge in [-0.15, -0.1) is 0 Å². The summed E-state index contributed by atoms with van der Waals surface area (Å²) in [7, 11) is 0. The van der Waals surface area contributed by atoms with E-state index in [1.165, 1.54) is 22.9 Å². The SMILES string of the molecule is Cc1ccc2[nH]c(=O)c3c(c2c1)Nc1c(C)cccc1S3. The molecule has 3 nitrogen and oxygen atoms in total. The molecule has 0 unspecified atom stereocenters. The molecular weight excluding hydrogens is 280 g/mol. The third-order valence-electron chi connectivity index (χ3n) is 3.82. The predicted molar refractivity (Wildman–Crippen MR) is 87.9 cm³/mol. The number of aromatic amines is 1. The maximum atomic E-state index is 12.3. The third-order valence-corrected chi connectivity index (χ3v) is 4.98. The van der Waals surface area contributed by atoms with Crippen molar-refractivity contribution in [1.82, 2.24) is 4.98 Å². The number of nitrogens with one attached hydrogen (secondary N) is 2. The molecule has 104 valence electrons. The molecule has 0 radical (unpaired) electrons. The van der Waals surface area contributed by atoms with Gasteiger partial charge in [-0.3, -0.25) is 4.79 Å². The summed E-state index contributed by atoms with van der Waals surface area (Å²) >= 11 is 1.54. The molecule has 0 saturated carbocycles. The Hall–Kier alpha value is -2.20. The number of aryl methyl sites for hydroxylation is 2. The average molecular weight is 294 g/mol. The minimum atomic E-state index is -0.0361. The number of fused-ring (bicyclic) bond motifs is 4. The minimum absolute atomic E-state index is 0.0361. The summed E-state index contributed by atoms with van der Waals surface area (Å²) in [6.07, 6.45) is 0. The number of aromatic nitrogens is 1. The number of rotatable bonds is 0. The molecule has 4 heteroatoms. The Morgan fingerprint density at radius 3 is 2.76 bits per heavy atom. The quantitative estimate of drug-likeness (QED) is 0.506. The number of anilines is 2. The monoisotopic (exact) mass is 294 g/mol. The van der Waals surface area contributed by atoms with E-state index < -0.39 is 0 Å². The molecule has 0 saturated heterocycles. The first-order valence-corrected chi connectivity index (χ1v) is 7.66. The second kappa shape index (κ2) is 4.40. The molecule has 1 aromatic heterocycles. The van der Waals surface area contributed by atoms with E-state index in [0.29, 0.717) is 0 Å². The van der Waals surface area contributed by atoms with E-state index in [9.17, 15) is 4.79 Å². The van der Waals surface area contributed by atoms with Crippen LogP contribution in [0.15, 0.2) is 51.0 Å². The van der Waals surface area contributed by atoms with Crippen LogP contribution in [0, 0.1) is 13.8 Å². The van der Waals surface area contributed by atoms with Crippen LogP contribution in [0.1, 0.15) is 11.1 Å². The van der Waals surface area contributed by atoms with Gasteiger partial charge in [-0.1, -0.05) is 35.5 Å². The molecule has 4 rings (SSSR count). The first-order valence-electron chi connectivity index (χ1n) is 6.84. The van der Waals surface area contributed by atoms with Gasteiger partial charge in [0.1, 0.15) is 4.90 Å². The molecular formula is C17H14N2OS. The zero-order chi connectivity index (χ0) is 14.6. The highest BCUT2D eigenvalue weighted by Crippen LogP contribution is 2.45. The van der Waals surface area contributed by atoms with Crippen molar-refractivity contribution in [3.8, 4) is 0 Å². The van der Waals surface area contributed by atoms with Crippen molar-refractivity contribution in [3.05, 3.63) is 57.9 Å². The minimum Gasteiger partial charge on any atom is -0.353 e. The van der Waals surface area contributed by atoms with Crippen LogP contribution in [0.4, 0.5) is 11.4 Å². The fourth-order valence-electron chi connectivity index (χ4n) is 2.73. The van der Waals surface area contributed by atoms with E-state index >= 15 is 0 Å². The maximum absolute atomic E-state index is 12.3. The molecule has 2 aromatic carbocycles. The smallest absolute Gasteiger partial charge is 0.264 e. The standard InChI is InChI=1S/C17H14N2OS/c1-9-6-7-12-11(8-9)15-16(17(20)18-12)21-13-5-3-4-10(2)14(13)19-15/h3-8,19H,1-2H3,(H,18,20). The highest BCUT2D eigenvalue weighted by Gasteiger charge is 2.22. The summed E-state index contributed by atoms with van der Waals surface area (Å²) in [5, 5.41) is 4.54. The van der Waals surface area contributed by atoms with Crippen molar-refractivity contribution in [2.75, 3.05) is 5.32 Å². The first-order chi connectivity index (χ1) is 10.1. The molecule has 21 heavy (non-hydrogen) atoms. The lowest BCUT2D eigenvalue weighted by molar-refractivity contribution is 1.17. The van der Waals surface area contributed by atoms with Gasteiger partial charge in [0.25, 0.3) is 5.56 Å². The fraction of sp³-hybridized carbons (Fsp3) is 0.118. The average Bonchev–Trinajstić information content (AvgIpc) is 2.48. The molecule has 2 heterocycles. The van der Waals surface area contributed by atoms with Crippen LogP contribution < -0.4 is 10.9 Å². The van der Waals surface area contributed by atoms with Crippen molar-refractivity contribution in [3.63, 3.8) is 0 Å². The predicted octanol–water partition coefficient (Wildman–Crippen LogP) is 4.35. The Kier molecular flexibility index (Phi) is 2.62. The lowest BCUT2D eigenvalue weighted by Crippen LogP contribution is -2.15. The lowest BCUT2D eigenvalue weighted by Gasteiger charge is -2.23. The molecule has 0 fully saturated rings. The number of benzene rings is 2. The van der Waals surface area contributed by atoms with Crippen LogP contribution in [0.3, 0.4) is 0 Å². The Morgan fingerprint density at radius 1 is 1.05 bits per heavy atom. The van der Waals surface area contributed by atoms with Gasteiger partial charge in [0, 0.05) is 10.3 Å². The Morgan fingerprint density at radius 2 is 1.90 bits per heavy atom. The summed E-state index contributed by atoms with van der Waals surface area (Å²) in [6.45, 7) is 4.14. The van der Waals surface area contributed by atoms with Crippen LogP contribution in [-0.4, -0.2) is 4.98 Å². The van der Waals surface area contributed by atoms with Crippen LogP contribution in [-0.2, 0) is 0 Å². The summed E-state index contributed by atoms with van der Waals surface area (Å²) in [5.74, 6) is 0. The molecule has 1 aliphatic rings. The Balaban J connectivity index is 2.05. The number of hydrogen-bond donors (Lipinski definition) is 2. The molecule has 0 bridgehead atoms. The molecule has 0 atom stereocenters. The van der Waals surface area contributed by atoms with E-state index in [0.717, 1.165) is 32.1 Å². The number of para-hydroxylation sites is 1. The lowest BCUT2D eigenvalue weighted by atomic mass is 10.1. The van der Waals surface area contributed by atoms with Crippen LogP contribution in [0.2, 0.25) is 0 Å². The van der Waals surface area contributed by atoms with Crippen LogP contribution >= 0.6 is 11.8 Å². The van der Waals surface area contributed by atoms with E-state index in [1.54, 1.807) is 0 Å². The van der Waals surface area contributed by atoms with Crippen molar-refractivity contribution < 1.29 is 0 Å². The van der Waals surface area contributed by atoms with Gasteiger partial charge in [-0.2, -0.15) is 0 Å². The molecule has 3 aromatic rings. The number of H-pyrrole nitrogens is 1. The molecule has 0 amide bonds. The van der Waals surface area contributed by atoms with E-state index in [2.05, 4.69) is 36.3 Å². The number of pyridine rings is 1. The molecule has 2 N–H and O–H groups in total. The van der Waals surface area contributed by atoms with Gasteiger partial charge in [0.15, 0.2) is 0 Å². The second-order valence-electron chi connectivity index (χ2n) is 5.38. The largest absolute Gasteiger partial charge is 0.353 e. The summed E-state index contributed by atoms with van der Waals surface area (Å²) < 4.78 is 0. The van der Waals surface area contributed by atoms with Crippen molar-refractivity contribution in [2.45, 2.75) is 23.6 Å². The normalized spacial score (nSPS) is 12.7. The van der Waals surface area contributed by atoms with Gasteiger partial charge < -0.3 is 10.3 Å². The zero-order valence-electron chi connectivity index (χ0n) is 11.8. The van der Waals surface area contributed by atoms with Gasteiger partial charge in [0.2, 0.25) is 0 Å². The van der Waals surface area contributed by atoms with Gasteiger partial charge >= 0.3 is 0 Å². The zero-order valence-corrected chi connectivity index (χ0v) is 12.6. The van der Waals surface area contributed by atoms with Gasteiger partial charge in [-0.25, -0.2) is 0 Å². The summed E-state index contributed by atoms with van der Waals surface area (Å²) in [6, 6.07) is 12.2. The molecule has 0 aliphatic carbocycles. The van der Waals surface area contributed by atoms with Gasteiger partial charge in [0.05, 0.1) is 16.9 Å². The Bertz CT molecular complexity index is 943. The van der Waals surface area contributed by atoms with Crippen LogP contribution in [0.25, 0.3) is 10.9 Å². The van der Waals surface area contributed by atoms with Crippen molar-refractivity contribution in [1.29, 1.82) is 0 Å². The van der Waals surface area contributed by atoms with Crippen molar-refractivity contribution in [2.24, 2.45) is 0 Å².